The molecule has 2 heteroatoms. The third-order valence-electron chi connectivity index (χ3n) is 3.86. The van der Waals surface area contributed by atoms with E-state index in [1.807, 2.05) is 0 Å². The van der Waals surface area contributed by atoms with E-state index in [9.17, 15) is 4.79 Å². The van der Waals surface area contributed by atoms with Crippen LogP contribution in [0.25, 0.3) is 0 Å². The zero-order chi connectivity index (χ0) is 11.5. The molecule has 0 aromatic rings. The number of hydrogen-bond donors (Lipinski definition) is 0. The van der Waals surface area contributed by atoms with Crippen LogP contribution in [0.2, 0.25) is 0 Å². The molecule has 0 amide bonds. The van der Waals surface area contributed by atoms with Crippen LogP contribution >= 0.6 is 0 Å². The van der Waals surface area contributed by atoms with Gasteiger partial charge in [0.2, 0.25) is 0 Å². The summed E-state index contributed by atoms with van der Waals surface area (Å²) in [5.74, 6) is 1.22. The monoisotopic (exact) mass is 211 g/mol. The fraction of sp³-hybridized carbons (Fsp3) is 0.923. The van der Waals surface area contributed by atoms with E-state index in [1.165, 1.54) is 32.4 Å². The van der Waals surface area contributed by atoms with Gasteiger partial charge in [-0.05, 0) is 38.8 Å². The molecule has 2 nitrogen and oxygen atoms in total. The predicted molar refractivity (Wildman–Crippen MR) is 63.9 cm³/mol. The van der Waals surface area contributed by atoms with Crippen LogP contribution in [0.1, 0.15) is 47.0 Å². The van der Waals surface area contributed by atoms with Gasteiger partial charge in [0.05, 0.1) is 0 Å². The molecular formula is C13H25NO. The number of nitrogens with zero attached hydrogens (tertiary/aromatic N) is 1. The van der Waals surface area contributed by atoms with Gasteiger partial charge in [0, 0.05) is 12.0 Å². The molecule has 0 bridgehead atoms. The molecule has 15 heavy (non-hydrogen) atoms. The lowest BCUT2D eigenvalue weighted by Gasteiger charge is -2.36. The van der Waals surface area contributed by atoms with E-state index in [2.05, 4.69) is 25.7 Å². The summed E-state index contributed by atoms with van der Waals surface area (Å²) in [6.07, 6.45) is 3.93. The van der Waals surface area contributed by atoms with Crippen LogP contribution < -0.4 is 0 Å². The van der Waals surface area contributed by atoms with Crippen molar-refractivity contribution in [2.45, 2.75) is 47.0 Å². The number of piperidine rings is 1. The Hall–Kier alpha value is -0.370. The second kappa shape index (κ2) is 5.11. The van der Waals surface area contributed by atoms with Crippen molar-refractivity contribution < 1.29 is 4.79 Å². The third kappa shape index (κ3) is 3.60. The fourth-order valence-corrected chi connectivity index (χ4v) is 2.22. The summed E-state index contributed by atoms with van der Waals surface area (Å²) in [7, 11) is 0. The maximum absolute atomic E-state index is 11.4. The number of hydrogen-bond acceptors (Lipinski definition) is 2. The van der Waals surface area contributed by atoms with Gasteiger partial charge in [-0.15, -0.1) is 0 Å². The molecule has 0 spiro atoms. The molecule has 1 heterocycles. The van der Waals surface area contributed by atoms with E-state index < -0.39 is 0 Å². The van der Waals surface area contributed by atoms with E-state index in [4.69, 9.17) is 0 Å². The first-order chi connectivity index (χ1) is 6.95. The molecule has 0 atom stereocenters. The van der Waals surface area contributed by atoms with Crippen molar-refractivity contribution in [3.63, 3.8) is 0 Å². The van der Waals surface area contributed by atoms with Crippen LogP contribution in [0.5, 0.6) is 0 Å². The molecule has 0 aromatic carbocycles. The normalized spacial score (nSPS) is 20.5. The van der Waals surface area contributed by atoms with Crippen molar-refractivity contribution in [2.24, 2.45) is 11.3 Å². The average molecular weight is 211 g/mol. The summed E-state index contributed by atoms with van der Waals surface area (Å²) in [5, 5.41) is 0. The molecule has 0 unspecified atom stereocenters. The molecule has 0 N–H and O–H groups in total. The average Bonchev–Trinajstić information content (AvgIpc) is 2.18. The van der Waals surface area contributed by atoms with E-state index in [-0.39, 0.29) is 5.41 Å². The Morgan fingerprint density at radius 2 is 1.87 bits per heavy atom. The molecule has 88 valence electrons. The maximum Gasteiger partial charge on any atom is 0.136 e. The van der Waals surface area contributed by atoms with Crippen LogP contribution in [-0.4, -0.2) is 30.3 Å². The second-order valence-corrected chi connectivity index (χ2v) is 5.57. The molecule has 0 aromatic heterocycles. The summed E-state index contributed by atoms with van der Waals surface area (Å²) in [6.45, 7) is 11.4. The standard InChI is InChI=1S/C13H25NO/c1-5-12-6-8-14(9-7-12)10-13(3,4)11(2)15/h12H,5-10H2,1-4H3. The number of rotatable bonds is 4. The van der Waals surface area contributed by atoms with Gasteiger partial charge in [-0.1, -0.05) is 27.2 Å². The highest BCUT2D eigenvalue weighted by molar-refractivity contribution is 5.81. The zero-order valence-electron chi connectivity index (χ0n) is 10.7. The van der Waals surface area contributed by atoms with E-state index >= 15 is 0 Å². The molecule has 0 aliphatic carbocycles. The summed E-state index contributed by atoms with van der Waals surface area (Å²) in [5.41, 5.74) is -0.168. The fourth-order valence-electron chi connectivity index (χ4n) is 2.22. The minimum atomic E-state index is -0.168. The number of likely N-dealkylation sites (tertiary alicyclic amines) is 1. The topological polar surface area (TPSA) is 20.3 Å². The smallest absolute Gasteiger partial charge is 0.136 e. The first kappa shape index (κ1) is 12.7. The van der Waals surface area contributed by atoms with Gasteiger partial charge < -0.3 is 4.90 Å². The van der Waals surface area contributed by atoms with E-state index in [0.717, 1.165) is 12.5 Å². The summed E-state index contributed by atoms with van der Waals surface area (Å²) in [6, 6.07) is 0. The van der Waals surface area contributed by atoms with Crippen molar-refractivity contribution in [2.75, 3.05) is 19.6 Å². The lowest BCUT2D eigenvalue weighted by molar-refractivity contribution is -0.126. The highest BCUT2D eigenvalue weighted by Gasteiger charge is 2.28. The number of Topliss-reactive ketones (excluding diaryl/α,β-unsaturated/α-hetero) is 1. The van der Waals surface area contributed by atoms with Gasteiger partial charge in [-0.2, -0.15) is 0 Å². The highest BCUT2D eigenvalue weighted by Crippen LogP contribution is 2.24. The van der Waals surface area contributed by atoms with Gasteiger partial charge in [-0.25, -0.2) is 0 Å². The molecule has 0 saturated carbocycles. The first-order valence-corrected chi connectivity index (χ1v) is 6.19. The van der Waals surface area contributed by atoms with Crippen LogP contribution in [0, 0.1) is 11.3 Å². The van der Waals surface area contributed by atoms with Crippen molar-refractivity contribution in [3.8, 4) is 0 Å². The van der Waals surface area contributed by atoms with Crippen molar-refractivity contribution in [1.29, 1.82) is 0 Å². The molecule has 1 rings (SSSR count). The summed E-state index contributed by atoms with van der Waals surface area (Å²) < 4.78 is 0. The summed E-state index contributed by atoms with van der Waals surface area (Å²) >= 11 is 0. The maximum atomic E-state index is 11.4. The van der Waals surface area contributed by atoms with Gasteiger partial charge >= 0.3 is 0 Å². The largest absolute Gasteiger partial charge is 0.302 e. The van der Waals surface area contributed by atoms with Crippen LogP contribution in [-0.2, 0) is 4.79 Å². The third-order valence-corrected chi connectivity index (χ3v) is 3.86. The minimum Gasteiger partial charge on any atom is -0.302 e. The van der Waals surface area contributed by atoms with Crippen LogP contribution in [0.15, 0.2) is 0 Å². The minimum absolute atomic E-state index is 0.168. The SMILES string of the molecule is CCC1CCN(CC(C)(C)C(C)=O)CC1. The van der Waals surface area contributed by atoms with Crippen LogP contribution in [0.4, 0.5) is 0 Å². The zero-order valence-corrected chi connectivity index (χ0v) is 10.7. The lowest BCUT2D eigenvalue weighted by Crippen LogP contribution is -2.42. The Morgan fingerprint density at radius 1 is 1.33 bits per heavy atom. The Labute approximate surface area is 94.0 Å². The van der Waals surface area contributed by atoms with Crippen molar-refractivity contribution in [3.05, 3.63) is 0 Å². The second-order valence-electron chi connectivity index (χ2n) is 5.57. The van der Waals surface area contributed by atoms with E-state index in [0.29, 0.717) is 5.78 Å². The molecular weight excluding hydrogens is 186 g/mol. The molecule has 1 saturated heterocycles. The predicted octanol–water partition coefficient (Wildman–Crippen LogP) is 2.72. The van der Waals surface area contributed by atoms with Crippen molar-refractivity contribution in [1.82, 2.24) is 4.90 Å². The number of carbonyl (C=O) groups excluding carboxylic acids is 1. The molecule has 1 aliphatic heterocycles. The number of carbonyl (C=O) groups is 1. The van der Waals surface area contributed by atoms with Crippen molar-refractivity contribution >= 4 is 5.78 Å². The van der Waals surface area contributed by atoms with Gasteiger partial charge in [0.25, 0.3) is 0 Å². The van der Waals surface area contributed by atoms with E-state index in [1.54, 1.807) is 6.92 Å². The lowest BCUT2D eigenvalue weighted by atomic mass is 9.86. The molecule has 0 radical (unpaired) electrons. The molecule has 1 aliphatic rings. The van der Waals surface area contributed by atoms with Gasteiger partial charge in [0.15, 0.2) is 0 Å². The highest BCUT2D eigenvalue weighted by atomic mass is 16.1. The Kier molecular flexibility index (Phi) is 4.32. The quantitative estimate of drug-likeness (QED) is 0.712. The first-order valence-electron chi connectivity index (χ1n) is 6.19. The van der Waals surface area contributed by atoms with Gasteiger partial charge in [0.1, 0.15) is 5.78 Å². The Bertz CT molecular complexity index is 215. The van der Waals surface area contributed by atoms with Gasteiger partial charge in [-0.3, -0.25) is 4.79 Å². The Morgan fingerprint density at radius 3 is 2.27 bits per heavy atom. The molecule has 1 fully saturated rings. The summed E-state index contributed by atoms with van der Waals surface area (Å²) in [4.78, 5) is 13.9. The Balaban J connectivity index is 2.38. The number of ketones is 1. The van der Waals surface area contributed by atoms with Crippen LogP contribution in [0.3, 0.4) is 0 Å².